The van der Waals surface area contributed by atoms with Gasteiger partial charge in [0.05, 0.1) is 7.11 Å². The van der Waals surface area contributed by atoms with Gasteiger partial charge in [0.15, 0.2) is 0 Å². The third-order valence-corrected chi connectivity index (χ3v) is 3.36. The molecule has 0 bridgehead atoms. The molecule has 94 valence electrons. The molecule has 0 aromatic heterocycles. The van der Waals surface area contributed by atoms with E-state index in [2.05, 4.69) is 52.0 Å². The quantitative estimate of drug-likeness (QED) is 0.664. The predicted octanol–water partition coefficient (Wildman–Crippen LogP) is 4.77. The highest BCUT2D eigenvalue weighted by molar-refractivity contribution is 5.43. The van der Waals surface area contributed by atoms with Gasteiger partial charge in [0.2, 0.25) is 0 Å². The molecular formula is C16H24O. The van der Waals surface area contributed by atoms with Crippen molar-refractivity contribution in [1.82, 2.24) is 0 Å². The molecule has 0 aliphatic carbocycles. The van der Waals surface area contributed by atoms with Crippen molar-refractivity contribution in [2.75, 3.05) is 7.11 Å². The molecule has 0 saturated heterocycles. The van der Waals surface area contributed by atoms with E-state index < -0.39 is 0 Å². The van der Waals surface area contributed by atoms with Crippen molar-refractivity contribution in [2.24, 2.45) is 0 Å². The Kier molecular flexibility index (Phi) is 5.27. The van der Waals surface area contributed by atoms with Crippen LogP contribution in [0, 0.1) is 13.8 Å². The number of benzene rings is 1. The van der Waals surface area contributed by atoms with Gasteiger partial charge in [0.25, 0.3) is 0 Å². The Bertz CT molecular complexity index is 368. The Hall–Kier alpha value is -1.24. The smallest absolute Gasteiger partial charge is 0.119 e. The summed E-state index contributed by atoms with van der Waals surface area (Å²) in [5.74, 6) is 1.58. The molecular weight excluding hydrogens is 208 g/mol. The Morgan fingerprint density at radius 3 is 2.24 bits per heavy atom. The molecule has 0 spiro atoms. The molecule has 1 aromatic carbocycles. The van der Waals surface area contributed by atoms with Crippen molar-refractivity contribution < 1.29 is 4.74 Å². The van der Waals surface area contributed by atoms with E-state index in [-0.39, 0.29) is 0 Å². The van der Waals surface area contributed by atoms with E-state index in [1.165, 1.54) is 23.1 Å². The molecule has 0 aliphatic rings. The first kappa shape index (κ1) is 13.8. The highest BCUT2D eigenvalue weighted by Gasteiger charge is 2.14. The summed E-state index contributed by atoms with van der Waals surface area (Å²) in [6.45, 7) is 8.71. The highest BCUT2D eigenvalue weighted by atomic mass is 16.5. The topological polar surface area (TPSA) is 9.23 Å². The Balaban J connectivity index is 3.10. The number of methoxy groups -OCH3 is 1. The average Bonchev–Trinajstić information content (AvgIpc) is 2.32. The van der Waals surface area contributed by atoms with Crippen molar-refractivity contribution in [3.63, 3.8) is 0 Å². The van der Waals surface area contributed by atoms with E-state index >= 15 is 0 Å². The average molecular weight is 232 g/mol. The number of allylic oxidation sites excluding steroid dienone is 2. The van der Waals surface area contributed by atoms with Gasteiger partial charge in [0, 0.05) is 0 Å². The summed E-state index contributed by atoms with van der Waals surface area (Å²) in [6, 6.07) is 4.28. The van der Waals surface area contributed by atoms with Crippen LogP contribution in [0.3, 0.4) is 0 Å². The van der Waals surface area contributed by atoms with Crippen molar-refractivity contribution in [1.29, 1.82) is 0 Å². The van der Waals surface area contributed by atoms with Crippen molar-refractivity contribution in [3.05, 3.63) is 41.0 Å². The molecule has 0 amide bonds. The van der Waals surface area contributed by atoms with Gasteiger partial charge < -0.3 is 4.74 Å². The standard InChI is InChI=1S/C16H24O/c1-6-8-9-14(7-2)16-12(3)10-15(17-5)11-13(16)4/h6,8,10-11,14H,7,9H2,1-5H3/b8-6-. The van der Waals surface area contributed by atoms with Gasteiger partial charge in [-0.1, -0.05) is 19.1 Å². The van der Waals surface area contributed by atoms with Gasteiger partial charge >= 0.3 is 0 Å². The van der Waals surface area contributed by atoms with Gasteiger partial charge in [-0.05, 0) is 68.4 Å². The molecule has 0 fully saturated rings. The summed E-state index contributed by atoms with van der Waals surface area (Å²) >= 11 is 0. The Labute approximate surface area is 106 Å². The summed E-state index contributed by atoms with van der Waals surface area (Å²) in [5, 5.41) is 0. The van der Waals surface area contributed by atoms with Crippen molar-refractivity contribution in [3.8, 4) is 5.75 Å². The minimum absolute atomic E-state index is 0.622. The minimum atomic E-state index is 0.622. The minimum Gasteiger partial charge on any atom is -0.497 e. The van der Waals surface area contributed by atoms with Crippen LogP contribution < -0.4 is 4.74 Å². The van der Waals surface area contributed by atoms with Crippen molar-refractivity contribution >= 4 is 0 Å². The number of ether oxygens (including phenoxy) is 1. The van der Waals surface area contributed by atoms with Crippen LogP contribution in [0.4, 0.5) is 0 Å². The number of hydrogen-bond donors (Lipinski definition) is 0. The van der Waals surface area contributed by atoms with Crippen LogP contribution in [0.15, 0.2) is 24.3 Å². The lowest BCUT2D eigenvalue weighted by atomic mass is 9.86. The summed E-state index contributed by atoms with van der Waals surface area (Å²) in [7, 11) is 1.73. The van der Waals surface area contributed by atoms with E-state index in [4.69, 9.17) is 4.74 Å². The van der Waals surface area contributed by atoms with Gasteiger partial charge in [-0.15, -0.1) is 0 Å². The number of aryl methyl sites for hydroxylation is 2. The maximum absolute atomic E-state index is 5.31. The van der Waals surface area contributed by atoms with E-state index in [0.717, 1.165) is 12.2 Å². The van der Waals surface area contributed by atoms with E-state index in [9.17, 15) is 0 Å². The van der Waals surface area contributed by atoms with Gasteiger partial charge in [-0.3, -0.25) is 0 Å². The lowest BCUT2D eigenvalue weighted by Gasteiger charge is -2.20. The van der Waals surface area contributed by atoms with Crippen LogP contribution in [-0.2, 0) is 0 Å². The first-order chi connectivity index (χ1) is 8.13. The monoisotopic (exact) mass is 232 g/mol. The summed E-state index contributed by atoms with van der Waals surface area (Å²) < 4.78 is 5.31. The molecule has 1 heteroatoms. The molecule has 1 atom stereocenters. The molecule has 1 aromatic rings. The molecule has 0 heterocycles. The van der Waals surface area contributed by atoms with Gasteiger partial charge in [-0.25, -0.2) is 0 Å². The fraction of sp³-hybridized carbons (Fsp3) is 0.500. The second-order valence-electron chi connectivity index (χ2n) is 4.58. The lowest BCUT2D eigenvalue weighted by Crippen LogP contribution is -2.02. The molecule has 0 aliphatic heterocycles. The SMILES string of the molecule is C/C=C\CC(CC)c1c(C)cc(OC)cc1C. The van der Waals surface area contributed by atoms with E-state index in [1.807, 2.05) is 0 Å². The van der Waals surface area contributed by atoms with Crippen LogP contribution in [-0.4, -0.2) is 7.11 Å². The largest absolute Gasteiger partial charge is 0.497 e. The zero-order chi connectivity index (χ0) is 12.8. The zero-order valence-corrected chi connectivity index (χ0v) is 11.7. The molecule has 0 radical (unpaired) electrons. The highest BCUT2D eigenvalue weighted by Crippen LogP contribution is 2.32. The fourth-order valence-corrected chi connectivity index (χ4v) is 2.49. The van der Waals surface area contributed by atoms with Crippen molar-refractivity contribution in [2.45, 2.75) is 46.5 Å². The predicted molar refractivity (Wildman–Crippen MR) is 74.9 cm³/mol. The van der Waals surface area contributed by atoms with Crippen LogP contribution in [0.5, 0.6) is 5.75 Å². The third-order valence-electron chi connectivity index (χ3n) is 3.36. The normalized spacial score (nSPS) is 13.0. The summed E-state index contributed by atoms with van der Waals surface area (Å²) in [4.78, 5) is 0. The molecule has 0 N–H and O–H groups in total. The summed E-state index contributed by atoms with van der Waals surface area (Å²) in [5.41, 5.74) is 4.18. The Morgan fingerprint density at radius 1 is 1.24 bits per heavy atom. The fourth-order valence-electron chi connectivity index (χ4n) is 2.49. The van der Waals surface area contributed by atoms with Crippen LogP contribution in [0.25, 0.3) is 0 Å². The number of rotatable bonds is 5. The second kappa shape index (κ2) is 6.48. The van der Waals surface area contributed by atoms with Crippen LogP contribution in [0.1, 0.15) is 49.3 Å². The van der Waals surface area contributed by atoms with Gasteiger partial charge in [-0.2, -0.15) is 0 Å². The van der Waals surface area contributed by atoms with Crippen LogP contribution >= 0.6 is 0 Å². The lowest BCUT2D eigenvalue weighted by molar-refractivity contribution is 0.413. The van der Waals surface area contributed by atoms with E-state index in [0.29, 0.717) is 5.92 Å². The van der Waals surface area contributed by atoms with E-state index in [1.54, 1.807) is 7.11 Å². The third kappa shape index (κ3) is 3.36. The molecule has 1 unspecified atom stereocenters. The summed E-state index contributed by atoms with van der Waals surface area (Å²) in [6.07, 6.45) is 6.70. The molecule has 0 saturated carbocycles. The zero-order valence-electron chi connectivity index (χ0n) is 11.7. The second-order valence-corrected chi connectivity index (χ2v) is 4.58. The first-order valence-electron chi connectivity index (χ1n) is 6.40. The van der Waals surface area contributed by atoms with Crippen LogP contribution in [0.2, 0.25) is 0 Å². The Morgan fingerprint density at radius 2 is 1.82 bits per heavy atom. The molecule has 17 heavy (non-hydrogen) atoms. The van der Waals surface area contributed by atoms with Gasteiger partial charge in [0.1, 0.15) is 5.75 Å². The molecule has 1 rings (SSSR count). The maximum atomic E-state index is 5.31. The maximum Gasteiger partial charge on any atom is 0.119 e. The number of hydrogen-bond acceptors (Lipinski definition) is 1. The first-order valence-corrected chi connectivity index (χ1v) is 6.40. The molecule has 1 nitrogen and oxygen atoms in total.